The summed E-state index contributed by atoms with van der Waals surface area (Å²) in [5.74, 6) is 0. The molecule has 0 spiro atoms. The molecule has 0 saturated heterocycles. The van der Waals surface area contributed by atoms with E-state index < -0.39 is 8.72 Å². The first-order valence-electron chi connectivity index (χ1n) is 6.34. The van der Waals surface area contributed by atoms with Crippen molar-refractivity contribution in [1.82, 2.24) is 14.9 Å². The first-order chi connectivity index (χ1) is 8.26. The molecule has 0 bridgehead atoms. The molecule has 0 atom stereocenters. The molecule has 0 amide bonds. The maximum atomic E-state index is 3.60. The van der Waals surface area contributed by atoms with E-state index in [0.717, 1.165) is 25.3 Å². The summed E-state index contributed by atoms with van der Waals surface area (Å²) in [6.45, 7) is 9.19. The fourth-order valence-electron chi connectivity index (χ4n) is 1.85. The molecule has 0 heterocycles. The molecule has 96 valence electrons. The number of benzene rings is 1. The smallest absolute Gasteiger partial charge is 0.374 e. The standard InChI is InChI=1S/C12H24N4Si/c1-4-13-17(14-5-2,15-6-3)16-12-10-8-7-9-11-12/h7-11,13-16H,4-6H2,1-3H3. The van der Waals surface area contributed by atoms with Crippen LogP contribution in [0.25, 0.3) is 0 Å². The Morgan fingerprint density at radius 1 is 0.824 bits per heavy atom. The maximum absolute atomic E-state index is 3.60. The monoisotopic (exact) mass is 252 g/mol. The first-order valence-corrected chi connectivity index (χ1v) is 8.34. The van der Waals surface area contributed by atoms with Crippen LogP contribution in [0.1, 0.15) is 20.8 Å². The average molecular weight is 252 g/mol. The zero-order valence-electron chi connectivity index (χ0n) is 11.0. The molecule has 0 aromatic heterocycles. The van der Waals surface area contributed by atoms with E-state index in [1.165, 1.54) is 0 Å². The summed E-state index contributed by atoms with van der Waals surface area (Å²) in [6.07, 6.45) is 0. The van der Waals surface area contributed by atoms with Crippen molar-refractivity contribution in [3.63, 3.8) is 0 Å². The Morgan fingerprint density at radius 3 is 1.71 bits per heavy atom. The Kier molecular flexibility index (Phi) is 6.21. The SMILES string of the molecule is CCN[Si](NCC)(NCC)Nc1ccccc1. The summed E-state index contributed by atoms with van der Waals surface area (Å²) in [5.41, 5.74) is 1.14. The van der Waals surface area contributed by atoms with Gasteiger partial charge in [0.05, 0.1) is 0 Å². The van der Waals surface area contributed by atoms with E-state index >= 15 is 0 Å². The van der Waals surface area contributed by atoms with Crippen molar-refractivity contribution in [1.29, 1.82) is 0 Å². The minimum atomic E-state index is -2.04. The van der Waals surface area contributed by atoms with Crippen LogP contribution in [-0.2, 0) is 0 Å². The van der Waals surface area contributed by atoms with Crippen LogP contribution in [0.4, 0.5) is 5.69 Å². The van der Waals surface area contributed by atoms with E-state index in [2.05, 4.69) is 52.8 Å². The van der Waals surface area contributed by atoms with Gasteiger partial charge < -0.3 is 4.98 Å². The van der Waals surface area contributed by atoms with E-state index in [1.54, 1.807) is 0 Å². The predicted octanol–water partition coefficient (Wildman–Crippen LogP) is 1.36. The molecule has 0 aliphatic carbocycles. The molecule has 0 fully saturated rings. The third-order valence-electron chi connectivity index (χ3n) is 2.43. The Bertz CT molecular complexity index is 288. The molecule has 4 nitrogen and oxygen atoms in total. The lowest BCUT2D eigenvalue weighted by molar-refractivity contribution is 0.780. The second-order valence-electron chi connectivity index (χ2n) is 3.83. The highest BCUT2D eigenvalue weighted by Gasteiger charge is 2.32. The average Bonchev–Trinajstić information content (AvgIpc) is 2.31. The molecule has 0 saturated carbocycles. The van der Waals surface area contributed by atoms with E-state index in [4.69, 9.17) is 0 Å². The van der Waals surface area contributed by atoms with Crippen molar-refractivity contribution in [2.24, 2.45) is 0 Å². The summed E-state index contributed by atoms with van der Waals surface area (Å²) < 4.78 is 0. The van der Waals surface area contributed by atoms with Crippen LogP contribution in [0.15, 0.2) is 30.3 Å². The van der Waals surface area contributed by atoms with Crippen LogP contribution < -0.4 is 19.9 Å². The summed E-state index contributed by atoms with van der Waals surface area (Å²) in [6, 6.07) is 10.3. The maximum Gasteiger partial charge on any atom is 0.397 e. The molecule has 0 unspecified atom stereocenters. The number of hydrogen-bond acceptors (Lipinski definition) is 4. The third-order valence-corrected chi connectivity index (χ3v) is 5.75. The van der Waals surface area contributed by atoms with Gasteiger partial charge in [-0.15, -0.1) is 0 Å². The van der Waals surface area contributed by atoms with Gasteiger partial charge >= 0.3 is 8.72 Å². The van der Waals surface area contributed by atoms with Gasteiger partial charge in [0.1, 0.15) is 0 Å². The highest BCUT2D eigenvalue weighted by atomic mass is 28.4. The number of anilines is 1. The number of para-hydroxylation sites is 1. The highest BCUT2D eigenvalue weighted by molar-refractivity contribution is 6.75. The number of nitrogens with one attached hydrogen (secondary N) is 4. The van der Waals surface area contributed by atoms with Crippen LogP contribution in [0.2, 0.25) is 0 Å². The molecule has 4 N–H and O–H groups in total. The summed E-state index contributed by atoms with van der Waals surface area (Å²) >= 11 is 0. The van der Waals surface area contributed by atoms with E-state index in [0.29, 0.717) is 0 Å². The van der Waals surface area contributed by atoms with Gasteiger partial charge in [-0.25, -0.2) is 0 Å². The zero-order chi connectivity index (χ0) is 12.6. The van der Waals surface area contributed by atoms with Gasteiger partial charge in [0.25, 0.3) is 0 Å². The molecular formula is C12H24N4Si. The fourth-order valence-corrected chi connectivity index (χ4v) is 4.68. The van der Waals surface area contributed by atoms with Crippen LogP contribution in [-0.4, -0.2) is 28.4 Å². The summed E-state index contributed by atoms with van der Waals surface area (Å²) in [5, 5.41) is 0. The van der Waals surface area contributed by atoms with Crippen LogP contribution in [0.3, 0.4) is 0 Å². The van der Waals surface area contributed by atoms with E-state index in [-0.39, 0.29) is 0 Å². The lowest BCUT2D eigenvalue weighted by atomic mass is 10.3. The van der Waals surface area contributed by atoms with Crippen LogP contribution in [0.5, 0.6) is 0 Å². The number of rotatable bonds is 8. The van der Waals surface area contributed by atoms with Crippen molar-refractivity contribution in [2.45, 2.75) is 20.8 Å². The highest BCUT2D eigenvalue weighted by Crippen LogP contribution is 2.07. The van der Waals surface area contributed by atoms with E-state index in [9.17, 15) is 0 Å². The van der Waals surface area contributed by atoms with Gasteiger partial charge in [0.2, 0.25) is 0 Å². The van der Waals surface area contributed by atoms with E-state index in [1.807, 2.05) is 18.2 Å². The van der Waals surface area contributed by atoms with Crippen molar-refractivity contribution in [3.05, 3.63) is 30.3 Å². The first kappa shape index (κ1) is 14.2. The third kappa shape index (κ3) is 4.47. The Labute approximate surface area is 106 Å². The zero-order valence-corrected chi connectivity index (χ0v) is 12.0. The van der Waals surface area contributed by atoms with Gasteiger partial charge in [-0.3, -0.25) is 14.9 Å². The Morgan fingerprint density at radius 2 is 1.29 bits per heavy atom. The predicted molar refractivity (Wildman–Crippen MR) is 76.8 cm³/mol. The second-order valence-corrected chi connectivity index (χ2v) is 6.64. The second kappa shape index (κ2) is 7.44. The number of hydrogen-bond donors (Lipinski definition) is 4. The summed E-state index contributed by atoms with van der Waals surface area (Å²) in [7, 11) is -2.04. The van der Waals surface area contributed by atoms with Gasteiger partial charge in [-0.05, 0) is 31.8 Å². The van der Waals surface area contributed by atoms with Crippen molar-refractivity contribution >= 4 is 14.4 Å². The van der Waals surface area contributed by atoms with Crippen molar-refractivity contribution in [2.75, 3.05) is 24.6 Å². The molecule has 0 radical (unpaired) electrons. The lowest BCUT2D eigenvalue weighted by Crippen LogP contribution is -2.77. The molecule has 17 heavy (non-hydrogen) atoms. The molecule has 0 aliphatic heterocycles. The molecular weight excluding hydrogens is 228 g/mol. The van der Waals surface area contributed by atoms with Crippen molar-refractivity contribution < 1.29 is 0 Å². The molecule has 1 aromatic rings. The molecule has 0 aliphatic rings. The van der Waals surface area contributed by atoms with Gasteiger partial charge in [-0.1, -0.05) is 39.0 Å². The lowest BCUT2D eigenvalue weighted by Gasteiger charge is -2.33. The largest absolute Gasteiger partial charge is 0.397 e. The van der Waals surface area contributed by atoms with Gasteiger partial charge in [0.15, 0.2) is 0 Å². The van der Waals surface area contributed by atoms with Crippen LogP contribution in [0, 0.1) is 0 Å². The fraction of sp³-hybridized carbons (Fsp3) is 0.500. The minimum Gasteiger partial charge on any atom is -0.374 e. The Balaban J connectivity index is 2.80. The van der Waals surface area contributed by atoms with Gasteiger partial charge in [0, 0.05) is 5.69 Å². The minimum absolute atomic E-state index is 0.937. The van der Waals surface area contributed by atoms with Crippen molar-refractivity contribution in [3.8, 4) is 0 Å². The molecule has 1 rings (SSSR count). The Hall–Kier alpha value is -0.883. The quantitative estimate of drug-likeness (QED) is 0.528. The van der Waals surface area contributed by atoms with Crippen LogP contribution >= 0.6 is 0 Å². The molecule has 1 aromatic carbocycles. The topological polar surface area (TPSA) is 48.1 Å². The normalized spacial score (nSPS) is 11.5. The molecule has 5 heteroatoms. The summed E-state index contributed by atoms with van der Waals surface area (Å²) in [4.78, 5) is 14.3. The van der Waals surface area contributed by atoms with Gasteiger partial charge in [-0.2, -0.15) is 0 Å².